The number of methoxy groups -OCH3 is 1. The number of nitrogens with zero attached hydrogens (tertiary/aromatic N) is 4. The zero-order valence-electron chi connectivity index (χ0n) is 16.9. The molecule has 7 nitrogen and oxygen atoms in total. The van der Waals surface area contributed by atoms with E-state index in [9.17, 15) is 0 Å². The van der Waals surface area contributed by atoms with Crippen LogP contribution in [0.25, 0.3) is 33.4 Å². The minimum atomic E-state index is 0.280. The van der Waals surface area contributed by atoms with Crippen LogP contribution < -0.4 is 15.4 Å². The number of aromatic amines is 1. The largest absolute Gasteiger partial charge is 0.497 e. The summed E-state index contributed by atoms with van der Waals surface area (Å²) in [4.78, 5) is 11.5. The summed E-state index contributed by atoms with van der Waals surface area (Å²) in [6.07, 6.45) is 5.53. The van der Waals surface area contributed by atoms with Crippen LogP contribution in [0, 0.1) is 0 Å². The van der Waals surface area contributed by atoms with Crippen molar-refractivity contribution < 1.29 is 4.74 Å². The van der Waals surface area contributed by atoms with E-state index in [4.69, 9.17) is 15.5 Å². The molecule has 30 heavy (non-hydrogen) atoms. The van der Waals surface area contributed by atoms with Crippen molar-refractivity contribution in [1.29, 1.82) is 0 Å². The molecule has 0 aliphatic carbocycles. The quantitative estimate of drug-likeness (QED) is 0.543. The highest BCUT2D eigenvalue weighted by Gasteiger charge is 2.19. The summed E-state index contributed by atoms with van der Waals surface area (Å²) < 4.78 is 5.37. The first-order chi connectivity index (χ1) is 14.7. The number of nitrogens with one attached hydrogen (secondary N) is 1. The van der Waals surface area contributed by atoms with Gasteiger partial charge in [0.2, 0.25) is 0 Å². The topological polar surface area (TPSA) is 93.0 Å². The number of hydrogen-bond donors (Lipinski definition) is 2. The number of piperidine rings is 1. The van der Waals surface area contributed by atoms with Crippen molar-refractivity contribution in [1.82, 2.24) is 20.2 Å². The van der Waals surface area contributed by atoms with Gasteiger partial charge in [-0.15, -0.1) is 0 Å². The highest BCUT2D eigenvalue weighted by atomic mass is 16.5. The molecule has 0 saturated carbocycles. The van der Waals surface area contributed by atoms with Gasteiger partial charge in [0.05, 0.1) is 25.0 Å². The summed E-state index contributed by atoms with van der Waals surface area (Å²) in [7, 11) is 1.68. The molecule has 2 aromatic carbocycles. The van der Waals surface area contributed by atoms with Gasteiger partial charge in [0.15, 0.2) is 0 Å². The number of ether oxygens (including phenoxy) is 1. The smallest absolute Gasteiger partial charge is 0.147 e. The van der Waals surface area contributed by atoms with Crippen LogP contribution in [0.5, 0.6) is 5.75 Å². The van der Waals surface area contributed by atoms with Crippen molar-refractivity contribution in [2.75, 3.05) is 25.1 Å². The molecule has 0 amide bonds. The van der Waals surface area contributed by atoms with Crippen LogP contribution in [0.15, 0.2) is 54.9 Å². The second kappa shape index (κ2) is 7.76. The molecule has 152 valence electrons. The lowest BCUT2D eigenvalue weighted by Crippen LogP contribution is -2.40. The Morgan fingerprint density at radius 1 is 1.07 bits per heavy atom. The molecule has 0 spiro atoms. The molecule has 2 aromatic heterocycles. The third-order valence-corrected chi connectivity index (χ3v) is 5.69. The number of hydrogen-bond acceptors (Lipinski definition) is 6. The van der Waals surface area contributed by atoms with Crippen LogP contribution in [0.1, 0.15) is 12.8 Å². The average molecular weight is 400 g/mol. The van der Waals surface area contributed by atoms with Gasteiger partial charge in [0, 0.05) is 24.5 Å². The third kappa shape index (κ3) is 3.48. The maximum absolute atomic E-state index is 6.04. The molecular formula is C23H24N6O. The van der Waals surface area contributed by atoms with Gasteiger partial charge in [-0.25, -0.2) is 4.98 Å². The number of anilines is 1. The molecule has 3 N–H and O–H groups in total. The number of H-pyrrole nitrogens is 1. The Morgan fingerprint density at radius 2 is 1.90 bits per heavy atom. The van der Waals surface area contributed by atoms with E-state index in [0.29, 0.717) is 0 Å². The second-order valence-electron chi connectivity index (χ2n) is 7.65. The fourth-order valence-corrected chi connectivity index (χ4v) is 3.94. The van der Waals surface area contributed by atoms with Crippen molar-refractivity contribution >= 4 is 16.7 Å². The summed E-state index contributed by atoms with van der Waals surface area (Å²) in [6.45, 7) is 1.81. The number of benzene rings is 2. The monoisotopic (exact) mass is 400 g/mol. The molecule has 0 radical (unpaired) electrons. The molecule has 1 fully saturated rings. The van der Waals surface area contributed by atoms with Gasteiger partial charge in [0.1, 0.15) is 23.0 Å². The fourth-order valence-electron chi connectivity index (χ4n) is 3.94. The lowest BCUT2D eigenvalue weighted by atomic mass is 10.0. The highest BCUT2D eigenvalue weighted by molar-refractivity contribution is 5.95. The molecule has 3 heterocycles. The predicted molar refractivity (Wildman–Crippen MR) is 119 cm³/mol. The van der Waals surface area contributed by atoms with Crippen molar-refractivity contribution in [2.24, 2.45) is 5.73 Å². The molecule has 1 aliphatic heterocycles. The van der Waals surface area contributed by atoms with Crippen molar-refractivity contribution in [3.8, 4) is 28.3 Å². The first-order valence-electron chi connectivity index (χ1n) is 10.2. The van der Waals surface area contributed by atoms with E-state index in [-0.39, 0.29) is 6.04 Å². The maximum atomic E-state index is 6.04. The minimum absolute atomic E-state index is 0.280. The predicted octanol–water partition coefficient (Wildman–Crippen LogP) is 3.62. The van der Waals surface area contributed by atoms with Gasteiger partial charge in [-0.1, -0.05) is 18.2 Å². The van der Waals surface area contributed by atoms with Crippen LogP contribution in [0.3, 0.4) is 0 Å². The molecule has 0 atom stereocenters. The lowest BCUT2D eigenvalue weighted by Gasteiger charge is -2.30. The van der Waals surface area contributed by atoms with Gasteiger partial charge in [-0.3, -0.25) is 10.1 Å². The van der Waals surface area contributed by atoms with Gasteiger partial charge in [0.25, 0.3) is 0 Å². The van der Waals surface area contributed by atoms with E-state index in [0.717, 1.165) is 70.9 Å². The molecule has 1 aliphatic rings. The van der Waals surface area contributed by atoms with Crippen molar-refractivity contribution in [3.05, 3.63) is 54.9 Å². The van der Waals surface area contributed by atoms with Crippen molar-refractivity contribution in [3.63, 3.8) is 0 Å². The zero-order valence-corrected chi connectivity index (χ0v) is 16.9. The Balaban J connectivity index is 1.52. The standard InChI is InChI=1S/C23H24N6O/c1-30-18-4-2-3-15(11-18)16-5-6-20-19(12-16)23(28-27-20)21-13-25-14-22(26-21)29-9-7-17(24)8-10-29/h2-6,11-14,17H,7-10,24H2,1H3,(H,27,28). The lowest BCUT2D eigenvalue weighted by molar-refractivity contribution is 0.415. The molecule has 4 aromatic rings. The van der Waals surface area contributed by atoms with E-state index in [1.54, 1.807) is 13.3 Å². The Bertz CT molecular complexity index is 1180. The molecule has 0 unspecified atom stereocenters. The van der Waals surface area contributed by atoms with E-state index in [1.807, 2.05) is 30.5 Å². The minimum Gasteiger partial charge on any atom is -0.497 e. The number of aromatic nitrogens is 4. The maximum Gasteiger partial charge on any atom is 0.147 e. The number of nitrogens with two attached hydrogens (primary N) is 1. The summed E-state index contributed by atoms with van der Waals surface area (Å²) in [5, 5.41) is 8.68. The number of fused-ring (bicyclic) bond motifs is 1. The van der Waals surface area contributed by atoms with E-state index < -0.39 is 0 Å². The SMILES string of the molecule is COc1cccc(-c2ccc3[nH]nc(-c4cncc(N5CCC(N)CC5)n4)c3c2)c1. The molecular weight excluding hydrogens is 376 g/mol. The van der Waals surface area contributed by atoms with Gasteiger partial charge in [-0.05, 0) is 48.2 Å². The average Bonchev–Trinajstić information content (AvgIpc) is 3.23. The number of rotatable bonds is 4. The van der Waals surface area contributed by atoms with Crippen LogP contribution >= 0.6 is 0 Å². The Kier molecular flexibility index (Phi) is 4.80. The molecule has 5 rings (SSSR count). The molecule has 0 bridgehead atoms. The second-order valence-corrected chi connectivity index (χ2v) is 7.65. The fraction of sp³-hybridized carbons (Fsp3) is 0.261. The van der Waals surface area contributed by atoms with E-state index >= 15 is 0 Å². The summed E-state index contributed by atoms with van der Waals surface area (Å²) in [5.41, 5.74) is 10.8. The summed E-state index contributed by atoms with van der Waals surface area (Å²) in [6, 6.07) is 14.6. The van der Waals surface area contributed by atoms with E-state index in [1.165, 1.54) is 0 Å². The summed E-state index contributed by atoms with van der Waals surface area (Å²) >= 11 is 0. The van der Waals surface area contributed by atoms with Crippen molar-refractivity contribution in [2.45, 2.75) is 18.9 Å². The van der Waals surface area contributed by atoms with Crippen LogP contribution in [-0.4, -0.2) is 46.4 Å². The van der Waals surface area contributed by atoms with E-state index in [2.05, 4.69) is 38.3 Å². The third-order valence-electron chi connectivity index (χ3n) is 5.69. The van der Waals surface area contributed by atoms with Gasteiger partial charge < -0.3 is 15.4 Å². The van der Waals surface area contributed by atoms with Crippen LogP contribution in [0.2, 0.25) is 0 Å². The normalized spacial score (nSPS) is 14.9. The Hall–Kier alpha value is -3.45. The zero-order chi connectivity index (χ0) is 20.5. The first kappa shape index (κ1) is 18.6. The summed E-state index contributed by atoms with van der Waals surface area (Å²) in [5.74, 6) is 1.71. The van der Waals surface area contributed by atoms with Crippen LogP contribution in [0.4, 0.5) is 5.82 Å². The Morgan fingerprint density at radius 3 is 2.73 bits per heavy atom. The van der Waals surface area contributed by atoms with Gasteiger partial charge >= 0.3 is 0 Å². The van der Waals surface area contributed by atoms with Gasteiger partial charge in [-0.2, -0.15) is 5.10 Å². The highest BCUT2D eigenvalue weighted by Crippen LogP contribution is 2.31. The first-order valence-corrected chi connectivity index (χ1v) is 10.2. The Labute approximate surface area is 174 Å². The molecule has 1 saturated heterocycles. The van der Waals surface area contributed by atoms with Crippen LogP contribution in [-0.2, 0) is 0 Å². The molecule has 7 heteroatoms.